The maximum Gasteiger partial charge on any atom is 0.325 e. The molecule has 0 saturated heterocycles. The van der Waals surface area contributed by atoms with Gasteiger partial charge in [0.05, 0.1) is 0 Å². The topological polar surface area (TPSA) is 115 Å². The van der Waals surface area contributed by atoms with Crippen LogP contribution in [-0.2, 0) is 9.13 Å². The Balaban J connectivity index is 0. The van der Waals surface area contributed by atoms with Gasteiger partial charge < -0.3 is 19.6 Å². The fraction of sp³-hybridized carbons (Fsp3) is 1.00. The van der Waals surface area contributed by atoms with Crippen molar-refractivity contribution in [2.24, 2.45) is 0 Å². The average Bonchev–Trinajstić information content (AvgIpc) is 3.12. The normalized spacial score (nSPS) is 12.0. The van der Waals surface area contributed by atoms with Gasteiger partial charge >= 0.3 is 15.2 Å². The summed E-state index contributed by atoms with van der Waals surface area (Å²) in [4.78, 5) is 35.1. The largest absolute Gasteiger partial charge is 0.325 e. The van der Waals surface area contributed by atoms with Crippen molar-refractivity contribution < 1.29 is 28.7 Å². The highest BCUT2D eigenvalue weighted by molar-refractivity contribution is 7.52. The second-order valence-corrected chi connectivity index (χ2v) is 20.5. The fourth-order valence-electron chi connectivity index (χ4n) is 7.50. The summed E-state index contributed by atoms with van der Waals surface area (Å²) in [7, 11) is -7.52. The predicted octanol–water partition coefficient (Wildman–Crippen LogP) is 16.8. The monoisotopic (exact) mass is 809 g/mol. The first-order chi connectivity index (χ1) is 26.1. The number of hydrogen-bond donors (Lipinski definition) is 4. The van der Waals surface area contributed by atoms with E-state index in [0.717, 1.165) is 25.7 Å². The number of unbranched alkanes of at least 4 members (excludes halogenated alkanes) is 40. The van der Waals surface area contributed by atoms with E-state index in [4.69, 9.17) is 19.6 Å². The minimum absolute atomic E-state index is 0.0615. The average molecular weight is 809 g/mol. The smallest absolute Gasteiger partial charge is 0.324 e. The molecule has 0 aliphatic carbocycles. The summed E-state index contributed by atoms with van der Waals surface area (Å²) in [5.74, 6) is 0. The third-order valence-corrected chi connectivity index (χ3v) is 12.9. The maximum absolute atomic E-state index is 10.7. The summed E-state index contributed by atoms with van der Waals surface area (Å²) in [6.07, 6.45) is 56.0. The Bertz CT molecular complexity index is 783. The Hall–Kier alpha value is 0.300. The van der Waals surface area contributed by atoms with Crippen molar-refractivity contribution in [2.75, 3.05) is 12.3 Å². The molecule has 0 atom stereocenters. The molecule has 0 bridgehead atoms. The molecule has 0 aromatic rings. The molecule has 0 fully saturated rings. The van der Waals surface area contributed by atoms with Crippen LogP contribution in [0.4, 0.5) is 0 Å². The molecule has 0 spiro atoms. The van der Waals surface area contributed by atoms with E-state index in [1.54, 1.807) is 0 Å². The van der Waals surface area contributed by atoms with E-state index in [-0.39, 0.29) is 12.3 Å². The first kappa shape index (κ1) is 56.4. The first-order valence-corrected chi connectivity index (χ1v) is 27.8. The van der Waals surface area contributed by atoms with Crippen molar-refractivity contribution in [1.82, 2.24) is 0 Å². The lowest BCUT2D eigenvalue weighted by molar-refractivity contribution is 0.368. The Labute approximate surface area is 338 Å². The highest BCUT2D eigenvalue weighted by Gasteiger charge is 2.11. The minimum atomic E-state index is -3.76. The van der Waals surface area contributed by atoms with Crippen LogP contribution in [0.25, 0.3) is 0 Å². The van der Waals surface area contributed by atoms with Crippen LogP contribution in [0.1, 0.15) is 284 Å². The van der Waals surface area contributed by atoms with Crippen molar-refractivity contribution in [3.8, 4) is 0 Å². The van der Waals surface area contributed by atoms with Crippen molar-refractivity contribution in [2.45, 2.75) is 284 Å². The summed E-state index contributed by atoms with van der Waals surface area (Å²) in [5, 5.41) is 0. The summed E-state index contributed by atoms with van der Waals surface area (Å²) in [6.45, 7) is 4.56. The summed E-state index contributed by atoms with van der Waals surface area (Å²) >= 11 is 0. The highest BCUT2D eigenvalue weighted by atomic mass is 31.2. The van der Waals surface area contributed by atoms with E-state index in [1.165, 1.54) is 231 Å². The standard InChI is InChI=1S/C24H51O3P.C22H47O3P/c1-2-3-4-5-6-7-8-9-10-11-12-13-14-15-16-17-18-19-20-21-22-23-24-28(25,26)27;1-2-3-4-5-6-7-8-9-10-11-12-13-14-15-16-17-18-19-20-21-22-26(23,24)25/h2-24H2,1H3,(H2,25,26,27);2-22H2,1H3,(H2,23,24,25). The van der Waals surface area contributed by atoms with Gasteiger partial charge in [0.1, 0.15) is 0 Å². The Morgan fingerprint density at radius 3 is 0.444 bits per heavy atom. The predicted molar refractivity (Wildman–Crippen MR) is 239 cm³/mol. The second kappa shape index (κ2) is 46.0. The van der Waals surface area contributed by atoms with Crippen LogP contribution >= 0.6 is 15.2 Å². The van der Waals surface area contributed by atoms with E-state index in [1.807, 2.05) is 0 Å². The van der Waals surface area contributed by atoms with E-state index in [0.29, 0.717) is 12.8 Å². The first-order valence-electron chi connectivity index (χ1n) is 24.2. The molecule has 0 amide bonds. The maximum atomic E-state index is 10.7. The van der Waals surface area contributed by atoms with Crippen molar-refractivity contribution >= 4 is 15.2 Å². The highest BCUT2D eigenvalue weighted by Crippen LogP contribution is 2.36. The van der Waals surface area contributed by atoms with Gasteiger partial charge in [-0.2, -0.15) is 0 Å². The second-order valence-electron chi connectivity index (χ2n) is 16.9. The van der Waals surface area contributed by atoms with Crippen molar-refractivity contribution in [3.05, 3.63) is 0 Å². The van der Waals surface area contributed by atoms with Gasteiger partial charge in [0, 0.05) is 12.3 Å². The van der Waals surface area contributed by atoms with Gasteiger partial charge in [-0.15, -0.1) is 0 Å². The summed E-state index contributed by atoms with van der Waals surface area (Å²) in [6, 6.07) is 0. The lowest BCUT2D eigenvalue weighted by atomic mass is 10.0. The Morgan fingerprint density at radius 2 is 0.333 bits per heavy atom. The van der Waals surface area contributed by atoms with Crippen LogP contribution in [0.2, 0.25) is 0 Å². The van der Waals surface area contributed by atoms with Gasteiger partial charge in [0.15, 0.2) is 0 Å². The molecule has 0 rings (SSSR count). The van der Waals surface area contributed by atoms with Gasteiger partial charge in [0.2, 0.25) is 0 Å². The van der Waals surface area contributed by atoms with E-state index in [9.17, 15) is 9.13 Å². The molecule has 54 heavy (non-hydrogen) atoms. The Kier molecular flexibility index (Phi) is 48.0. The molecule has 4 N–H and O–H groups in total. The van der Waals surface area contributed by atoms with E-state index in [2.05, 4.69) is 13.8 Å². The third kappa shape index (κ3) is 59.0. The molecule has 0 aromatic carbocycles. The summed E-state index contributed by atoms with van der Waals surface area (Å²) < 4.78 is 21.5. The zero-order valence-corrected chi connectivity index (χ0v) is 38.4. The van der Waals surface area contributed by atoms with E-state index >= 15 is 0 Å². The molecule has 0 radical (unpaired) electrons. The third-order valence-electron chi connectivity index (χ3n) is 11.1. The van der Waals surface area contributed by atoms with Gasteiger partial charge in [-0.05, 0) is 12.8 Å². The molecular weight excluding hydrogens is 710 g/mol. The van der Waals surface area contributed by atoms with Gasteiger partial charge in [0.25, 0.3) is 0 Å². The van der Waals surface area contributed by atoms with Crippen LogP contribution in [0.3, 0.4) is 0 Å². The van der Waals surface area contributed by atoms with Gasteiger partial charge in [-0.1, -0.05) is 271 Å². The van der Waals surface area contributed by atoms with Crippen LogP contribution in [0.15, 0.2) is 0 Å². The Morgan fingerprint density at radius 1 is 0.222 bits per heavy atom. The minimum Gasteiger partial charge on any atom is -0.324 e. The quantitative estimate of drug-likeness (QED) is 0.0360. The molecule has 0 aliphatic heterocycles. The van der Waals surface area contributed by atoms with Crippen LogP contribution in [0.5, 0.6) is 0 Å². The van der Waals surface area contributed by atoms with Crippen LogP contribution in [0, 0.1) is 0 Å². The lowest BCUT2D eigenvalue weighted by Gasteiger charge is -2.05. The van der Waals surface area contributed by atoms with E-state index < -0.39 is 15.2 Å². The molecule has 0 aliphatic rings. The number of rotatable bonds is 44. The number of hydrogen-bond acceptors (Lipinski definition) is 2. The zero-order chi connectivity index (χ0) is 40.1. The van der Waals surface area contributed by atoms with Gasteiger partial charge in [-0.25, -0.2) is 0 Å². The summed E-state index contributed by atoms with van der Waals surface area (Å²) in [5.41, 5.74) is 0. The van der Waals surface area contributed by atoms with Gasteiger partial charge in [-0.3, -0.25) is 9.13 Å². The molecular formula is C46H98O6P2. The molecule has 0 aromatic heterocycles. The molecule has 8 heteroatoms. The SMILES string of the molecule is CCCCCCCCCCCCCCCCCCCCCCCCP(=O)(O)O.CCCCCCCCCCCCCCCCCCCCCCP(=O)(O)O. The molecule has 6 nitrogen and oxygen atoms in total. The molecule has 0 heterocycles. The van der Waals surface area contributed by atoms with Crippen LogP contribution in [-0.4, -0.2) is 31.9 Å². The van der Waals surface area contributed by atoms with Crippen molar-refractivity contribution in [1.29, 1.82) is 0 Å². The molecule has 0 unspecified atom stereocenters. The zero-order valence-electron chi connectivity index (χ0n) is 36.6. The fourth-order valence-corrected chi connectivity index (χ4v) is 8.77. The molecule has 328 valence electrons. The molecule has 0 saturated carbocycles. The van der Waals surface area contributed by atoms with Crippen LogP contribution < -0.4 is 0 Å². The lowest BCUT2D eigenvalue weighted by Crippen LogP contribution is -1.88. The van der Waals surface area contributed by atoms with Crippen molar-refractivity contribution in [3.63, 3.8) is 0 Å².